The fourth-order valence-electron chi connectivity index (χ4n) is 6.72. The van der Waals surface area contributed by atoms with Gasteiger partial charge in [-0.25, -0.2) is 0 Å². The number of hydrogen-bond acceptors (Lipinski definition) is 19. The minimum absolute atomic E-state index is 0.132. The second kappa shape index (κ2) is 25.2. The fraction of sp³-hybridized carbons (Fsp3) is 0.200. The van der Waals surface area contributed by atoms with Crippen LogP contribution in [-0.2, 0) is 79.9 Å². The maximum atomic E-state index is 13.9. The molecule has 376 valence electrons. The third-order valence-electron chi connectivity index (χ3n) is 9.65. The largest absolute Gasteiger partial charge is 0.481 e. The zero-order chi connectivity index (χ0) is 52.7. The number of aliphatic carboxylic acids is 1. The Kier molecular flexibility index (Phi) is 20.7. The van der Waals surface area contributed by atoms with Crippen molar-refractivity contribution in [1.82, 2.24) is 4.90 Å². The van der Waals surface area contributed by atoms with Gasteiger partial charge in [-0.05, 0) is 90.6 Å². The van der Waals surface area contributed by atoms with E-state index in [0.717, 1.165) is 0 Å². The van der Waals surface area contributed by atoms with Gasteiger partial charge in [0.2, 0.25) is 0 Å². The van der Waals surface area contributed by atoms with Crippen molar-refractivity contribution in [2.75, 3.05) is 18.9 Å². The predicted octanol–water partition coefficient (Wildman–Crippen LogP) is 2.83. The van der Waals surface area contributed by atoms with Crippen LogP contribution in [0, 0.1) is 5.92 Å². The second-order valence-electron chi connectivity index (χ2n) is 14.3. The van der Waals surface area contributed by atoms with Crippen LogP contribution in [0.25, 0.3) is 5.57 Å². The molecule has 0 bridgehead atoms. The Morgan fingerprint density at radius 2 is 1.20 bits per heavy atom. The molecule has 30 heteroatoms. The summed E-state index contributed by atoms with van der Waals surface area (Å²) in [6.07, 6.45) is 3.32. The number of nitrogens with zero attached hydrogens (tertiary/aromatic N) is 1. The number of benzene rings is 4. The van der Waals surface area contributed by atoms with Gasteiger partial charge in [0, 0.05) is 66.5 Å². The number of carbonyl (C=O) groups is 2. The van der Waals surface area contributed by atoms with Crippen molar-refractivity contribution in [3.05, 3.63) is 147 Å². The van der Waals surface area contributed by atoms with Crippen LogP contribution in [0.2, 0.25) is 0 Å². The van der Waals surface area contributed by atoms with Crippen molar-refractivity contribution in [1.29, 1.82) is 0 Å². The monoisotopic (exact) mass is 1090 g/mol. The number of carboxylic acid groups (broad SMARTS) is 1. The molecular weight excluding hydrogens is 1050 g/mol. The van der Waals surface area contributed by atoms with Crippen LogP contribution in [0.15, 0.2) is 129 Å². The minimum Gasteiger partial charge on any atom is -0.481 e. The zero-order valence-electron chi connectivity index (χ0n) is 35.7. The van der Waals surface area contributed by atoms with Crippen molar-refractivity contribution in [3.63, 3.8) is 0 Å². The molecule has 1 aliphatic heterocycles. The average Bonchev–Trinajstić information content (AvgIpc) is 3.24. The molecule has 1 amide bonds. The highest BCUT2D eigenvalue weighted by Gasteiger charge is 2.35. The summed E-state index contributed by atoms with van der Waals surface area (Å²) >= 11 is 0. The summed E-state index contributed by atoms with van der Waals surface area (Å²) in [7, 11) is -21.4. The molecule has 0 saturated heterocycles. The lowest BCUT2D eigenvalue weighted by Crippen LogP contribution is -2.29. The molecule has 5 N–H and O–H groups in total. The SMILES string of the molecule is CN(CCCC(=O)O)C(=O)c1ccccc1C1=C2C=C(S(=O)(=O)O)C(CCc3ccc(S(=O)(=O)O)cc3)C=C2Oc2cc(NCc3ccc(S(=O)(=O)O)cc3)ccc21.O=S(=O)=O.O=S(=O)=O.O=S(=O)=O. The number of rotatable bonds is 15. The van der Waals surface area contributed by atoms with Crippen molar-refractivity contribution in [2.24, 2.45) is 5.92 Å². The molecule has 24 nitrogen and oxygen atoms in total. The minimum atomic E-state index is -4.81. The van der Waals surface area contributed by atoms with Crippen LogP contribution in [0.5, 0.6) is 5.75 Å². The Balaban J connectivity index is 0.000000970. The van der Waals surface area contributed by atoms with Gasteiger partial charge in [-0.15, -0.1) is 37.9 Å². The number of allylic oxidation sites excluding steroid dienone is 3. The van der Waals surface area contributed by atoms with Crippen LogP contribution in [0.4, 0.5) is 5.69 Å². The number of ether oxygens (including phenoxy) is 1. The summed E-state index contributed by atoms with van der Waals surface area (Å²) in [5.74, 6) is -1.77. The number of carboxylic acids is 1. The molecule has 1 unspecified atom stereocenters. The third-order valence-corrected chi connectivity index (χ3v) is 12.4. The maximum Gasteiger partial charge on any atom is 0.425 e. The molecule has 1 atom stereocenters. The average molecular weight is 1090 g/mol. The molecule has 0 radical (unpaired) electrons. The summed E-state index contributed by atoms with van der Waals surface area (Å²) in [6.45, 7) is 0.400. The van der Waals surface area contributed by atoms with E-state index in [-0.39, 0.29) is 70.4 Å². The van der Waals surface area contributed by atoms with Gasteiger partial charge in [-0.1, -0.05) is 42.5 Å². The molecule has 4 aromatic carbocycles. The first-order valence-electron chi connectivity index (χ1n) is 19.2. The summed E-state index contributed by atoms with van der Waals surface area (Å²) in [5, 5.41) is 12.4. The number of fused-ring (bicyclic) bond motifs is 2. The summed E-state index contributed by atoms with van der Waals surface area (Å²) < 4.78 is 184. The lowest BCUT2D eigenvalue weighted by atomic mass is 9.83. The highest BCUT2D eigenvalue weighted by atomic mass is 32.2. The molecule has 0 fully saturated rings. The van der Waals surface area contributed by atoms with E-state index in [1.54, 1.807) is 67.7 Å². The normalized spacial score (nSPS) is 13.7. The molecule has 70 heavy (non-hydrogen) atoms. The van der Waals surface area contributed by atoms with E-state index in [1.165, 1.54) is 47.4 Å². The first-order valence-corrected chi connectivity index (χ1v) is 26.5. The maximum absolute atomic E-state index is 13.9. The Hall–Kier alpha value is -6.77. The number of anilines is 1. The van der Waals surface area contributed by atoms with Gasteiger partial charge in [0.25, 0.3) is 36.3 Å². The Morgan fingerprint density at radius 1 is 0.686 bits per heavy atom. The van der Waals surface area contributed by atoms with E-state index < -0.39 is 80.0 Å². The topological polar surface area (TPSA) is 396 Å². The highest BCUT2D eigenvalue weighted by Crippen LogP contribution is 2.47. The van der Waals surface area contributed by atoms with Crippen LogP contribution in [0.3, 0.4) is 0 Å². The standard InChI is InChI=1S/C40H38N2O13S3.3O3S/c1-42(20-4-7-38(43)44)40(45)32-6-3-2-5-31(32)39-33-19-14-28(41-24-26-11-17-30(18-12-26)57(49,50)51)22-36(33)55-35-21-27(37(23-34(35)39)58(52,53)54)13-8-25-9-15-29(16-10-25)56(46,47)48;3*1-4(2)3/h2-3,5-6,9-12,14-19,21-23,27,41H,4,7-8,13,20,24H2,1H3,(H,43,44)(H,46,47,48)(H,49,50,51)(H,52,53,54);;;. The van der Waals surface area contributed by atoms with Crippen LogP contribution in [0.1, 0.15) is 51.9 Å². The summed E-state index contributed by atoms with van der Waals surface area (Å²) in [5.41, 5.74) is 3.72. The van der Waals surface area contributed by atoms with Crippen LogP contribution in [-0.4, -0.2) is 112 Å². The lowest BCUT2D eigenvalue weighted by molar-refractivity contribution is -0.137. The van der Waals surface area contributed by atoms with E-state index in [9.17, 15) is 48.5 Å². The number of carbonyl (C=O) groups excluding carboxylic acids is 1. The fourth-order valence-corrected chi connectivity index (χ4v) is 8.52. The zero-order valence-corrected chi connectivity index (χ0v) is 40.6. The van der Waals surface area contributed by atoms with E-state index in [2.05, 4.69) is 5.32 Å². The van der Waals surface area contributed by atoms with Gasteiger partial charge in [-0.2, -0.15) is 25.3 Å². The van der Waals surface area contributed by atoms with Crippen molar-refractivity contribution in [3.8, 4) is 5.75 Å². The van der Waals surface area contributed by atoms with Gasteiger partial charge < -0.3 is 20.1 Å². The van der Waals surface area contributed by atoms with Gasteiger partial charge in [-0.3, -0.25) is 23.2 Å². The van der Waals surface area contributed by atoms with Gasteiger partial charge in [0.05, 0.1) is 14.7 Å². The first kappa shape index (κ1) is 57.5. The van der Waals surface area contributed by atoms with Crippen molar-refractivity contribution >= 4 is 85.3 Å². The molecule has 1 heterocycles. The molecule has 4 aromatic rings. The van der Waals surface area contributed by atoms with Crippen molar-refractivity contribution in [2.45, 2.75) is 42.0 Å². The highest BCUT2D eigenvalue weighted by molar-refractivity contribution is 7.89. The molecule has 0 spiro atoms. The third kappa shape index (κ3) is 18.0. The first-order chi connectivity index (χ1) is 32.5. The molecular formula is C40H38N2O22S6. The molecule has 0 saturated carbocycles. The van der Waals surface area contributed by atoms with Gasteiger partial charge in [0.1, 0.15) is 11.5 Å². The summed E-state index contributed by atoms with van der Waals surface area (Å²) in [6, 6.07) is 22.9. The lowest BCUT2D eigenvalue weighted by Gasteiger charge is -2.31. The second-order valence-corrected chi connectivity index (χ2v) is 19.8. The van der Waals surface area contributed by atoms with Gasteiger partial charge >= 0.3 is 37.8 Å². The van der Waals surface area contributed by atoms with Gasteiger partial charge in [0.15, 0.2) is 0 Å². The number of hydrogen-bond donors (Lipinski definition) is 5. The molecule has 0 aromatic heterocycles. The van der Waals surface area contributed by atoms with E-state index >= 15 is 0 Å². The van der Waals surface area contributed by atoms with E-state index in [1.807, 2.05) is 0 Å². The number of aryl methyl sites for hydroxylation is 1. The predicted molar refractivity (Wildman–Crippen MR) is 242 cm³/mol. The molecule has 1 aliphatic carbocycles. The molecule has 2 aliphatic rings. The van der Waals surface area contributed by atoms with Crippen LogP contribution >= 0.6 is 0 Å². The smallest absolute Gasteiger partial charge is 0.425 e. The Labute approximate surface area is 404 Å². The van der Waals surface area contributed by atoms with E-state index in [4.69, 9.17) is 47.7 Å². The number of amides is 1. The van der Waals surface area contributed by atoms with Crippen LogP contribution < -0.4 is 10.1 Å². The quantitative estimate of drug-likeness (QED) is 0.107. The Bertz CT molecular complexity index is 3340. The Morgan fingerprint density at radius 3 is 1.70 bits per heavy atom. The summed E-state index contributed by atoms with van der Waals surface area (Å²) in [4.78, 5) is 25.6. The van der Waals surface area contributed by atoms with Crippen molar-refractivity contribution < 1.29 is 96.2 Å². The number of nitrogens with one attached hydrogen (secondary N) is 1. The van der Waals surface area contributed by atoms with E-state index in [0.29, 0.717) is 39.3 Å². The molecule has 6 rings (SSSR count).